The molecule has 0 fully saturated rings. The Morgan fingerprint density at radius 2 is 1.68 bits per heavy atom. The Kier molecular flexibility index (Phi) is 6.67. The van der Waals surface area contributed by atoms with E-state index in [1.165, 1.54) is 27.9 Å². The smallest absolute Gasteiger partial charge is 0.272 e. The number of carbonyl (C=O) groups excluding carboxylic acids is 1. The first-order valence-electron chi connectivity index (χ1n) is 11.5. The van der Waals surface area contributed by atoms with Crippen LogP contribution < -0.4 is 4.90 Å². The Morgan fingerprint density at radius 1 is 1.00 bits per heavy atom. The number of fused-ring (bicyclic) bond motifs is 2. The maximum atomic E-state index is 13.0. The number of hydrogen-bond donors (Lipinski definition) is 0. The summed E-state index contributed by atoms with van der Waals surface area (Å²) < 4.78 is 2.37. The Hall–Kier alpha value is -3.31. The van der Waals surface area contributed by atoms with Crippen molar-refractivity contribution in [3.63, 3.8) is 0 Å². The average molecular weight is 475 g/mol. The fourth-order valence-electron chi connectivity index (χ4n) is 4.84. The first kappa shape index (κ1) is 23.8. The first-order valence-corrected chi connectivity index (χ1v) is 11.5. The molecule has 0 unspecified atom stereocenters. The Bertz CT molecular complexity index is 1340. The monoisotopic (exact) mass is 474 g/mol. The molecule has 0 spiro atoms. The lowest BCUT2D eigenvalue weighted by atomic mass is 10.00. The Labute approximate surface area is 207 Å². The lowest BCUT2D eigenvalue weighted by Crippen LogP contribution is -2.32. The van der Waals surface area contributed by atoms with Gasteiger partial charge in [-0.1, -0.05) is 54.6 Å². The van der Waals surface area contributed by atoms with E-state index in [9.17, 15) is 4.79 Å². The van der Waals surface area contributed by atoms with Crippen molar-refractivity contribution in [3.05, 3.63) is 94.3 Å². The topological polar surface area (TPSA) is 41.4 Å². The van der Waals surface area contributed by atoms with Crippen molar-refractivity contribution in [3.8, 4) is 0 Å². The van der Waals surface area contributed by atoms with Crippen molar-refractivity contribution in [2.75, 3.05) is 25.5 Å². The molecule has 34 heavy (non-hydrogen) atoms. The van der Waals surface area contributed by atoms with Crippen LogP contribution in [0.25, 0.3) is 10.9 Å². The number of carbonyl (C=O) groups is 1. The van der Waals surface area contributed by atoms with Crippen LogP contribution in [0.1, 0.15) is 38.4 Å². The Balaban J connectivity index is 0.00000274. The summed E-state index contributed by atoms with van der Waals surface area (Å²) in [6.07, 6.45) is 0.975. The van der Waals surface area contributed by atoms with E-state index in [1.54, 1.807) is 19.0 Å². The van der Waals surface area contributed by atoms with Crippen molar-refractivity contribution in [2.24, 2.45) is 0 Å². The minimum Gasteiger partial charge on any atom is -0.350 e. The molecule has 1 aliphatic heterocycles. The van der Waals surface area contributed by atoms with Crippen molar-refractivity contribution in [1.29, 1.82) is 0 Å². The van der Waals surface area contributed by atoms with Gasteiger partial charge in [0, 0.05) is 44.8 Å². The zero-order chi connectivity index (χ0) is 23.1. The van der Waals surface area contributed by atoms with Gasteiger partial charge in [-0.05, 0) is 48.6 Å². The molecule has 0 saturated carbocycles. The maximum Gasteiger partial charge on any atom is 0.272 e. The van der Waals surface area contributed by atoms with Crippen LogP contribution in [0.4, 0.5) is 5.82 Å². The number of amides is 1. The Morgan fingerprint density at radius 3 is 2.38 bits per heavy atom. The highest BCUT2D eigenvalue weighted by Crippen LogP contribution is 2.35. The molecule has 3 heterocycles. The third-order valence-corrected chi connectivity index (χ3v) is 6.83. The van der Waals surface area contributed by atoms with E-state index in [4.69, 9.17) is 4.98 Å². The lowest BCUT2D eigenvalue weighted by molar-refractivity contribution is 0.0822. The van der Waals surface area contributed by atoms with Crippen LogP contribution in [0.15, 0.2) is 60.7 Å². The molecule has 0 radical (unpaired) electrons. The van der Waals surface area contributed by atoms with Gasteiger partial charge in [-0.2, -0.15) is 0 Å². The molecule has 5 rings (SSSR count). The van der Waals surface area contributed by atoms with Gasteiger partial charge in [0.15, 0.2) is 5.82 Å². The standard InChI is InChI=1S/C28H30N4O.ClH/c1-19-20(2)32(17-21-10-6-5-7-11-21)26-24(19)16-25(28(33)30(3)4)29-27(26)31-15-14-22-12-8-9-13-23(22)18-31;/h5-13,16H,14-15,17-18H2,1-4H3;1H. The number of halogens is 1. The normalized spacial score (nSPS) is 12.9. The van der Waals surface area contributed by atoms with Gasteiger partial charge in [-0.25, -0.2) is 4.98 Å². The molecule has 5 nitrogen and oxygen atoms in total. The molecule has 0 N–H and O–H groups in total. The highest BCUT2D eigenvalue weighted by atomic mass is 35.5. The van der Waals surface area contributed by atoms with Gasteiger partial charge in [0.1, 0.15) is 5.69 Å². The second kappa shape index (κ2) is 9.51. The molecular formula is C28H31ClN4O. The average Bonchev–Trinajstić information content (AvgIpc) is 3.08. The van der Waals surface area contributed by atoms with Crippen LogP contribution in [0.5, 0.6) is 0 Å². The van der Waals surface area contributed by atoms with E-state index in [2.05, 4.69) is 71.8 Å². The second-order valence-corrected chi connectivity index (χ2v) is 9.15. The molecule has 4 aromatic rings. The summed E-state index contributed by atoms with van der Waals surface area (Å²) in [6.45, 7) is 6.77. The number of aromatic nitrogens is 2. The summed E-state index contributed by atoms with van der Waals surface area (Å²) in [5.74, 6) is 0.836. The molecule has 2 aromatic carbocycles. The third kappa shape index (κ3) is 4.16. The SMILES string of the molecule is Cc1c(C)n(Cc2ccccc2)c2c(N3CCc4ccccc4C3)nc(C(=O)N(C)C)cc12.Cl. The van der Waals surface area contributed by atoms with Crippen LogP contribution in [0.3, 0.4) is 0 Å². The largest absolute Gasteiger partial charge is 0.350 e. The molecule has 1 amide bonds. The van der Waals surface area contributed by atoms with Crippen LogP contribution in [0.2, 0.25) is 0 Å². The number of anilines is 1. The van der Waals surface area contributed by atoms with Crippen LogP contribution in [-0.4, -0.2) is 41.0 Å². The van der Waals surface area contributed by atoms with E-state index in [0.717, 1.165) is 42.8 Å². The van der Waals surface area contributed by atoms with Crippen LogP contribution in [0, 0.1) is 13.8 Å². The maximum absolute atomic E-state index is 13.0. The number of pyridine rings is 1. The predicted octanol–water partition coefficient (Wildman–Crippen LogP) is 5.39. The van der Waals surface area contributed by atoms with E-state index < -0.39 is 0 Å². The molecular weight excluding hydrogens is 444 g/mol. The van der Waals surface area contributed by atoms with Gasteiger partial charge in [-0.3, -0.25) is 4.79 Å². The van der Waals surface area contributed by atoms with Gasteiger partial charge in [0.05, 0.1) is 5.52 Å². The van der Waals surface area contributed by atoms with E-state index in [1.807, 2.05) is 12.1 Å². The third-order valence-electron chi connectivity index (χ3n) is 6.83. The fourth-order valence-corrected chi connectivity index (χ4v) is 4.84. The fraction of sp³-hybridized carbons (Fsp3) is 0.286. The van der Waals surface area contributed by atoms with Gasteiger partial charge < -0.3 is 14.4 Å². The zero-order valence-corrected chi connectivity index (χ0v) is 21.0. The van der Waals surface area contributed by atoms with E-state index >= 15 is 0 Å². The summed E-state index contributed by atoms with van der Waals surface area (Å²) in [6, 6.07) is 21.1. The lowest BCUT2D eigenvalue weighted by Gasteiger charge is -2.31. The van der Waals surface area contributed by atoms with Gasteiger partial charge in [-0.15, -0.1) is 12.4 Å². The van der Waals surface area contributed by atoms with Crippen molar-refractivity contribution >= 4 is 35.0 Å². The van der Waals surface area contributed by atoms with Gasteiger partial charge >= 0.3 is 0 Å². The molecule has 0 aliphatic carbocycles. The summed E-state index contributed by atoms with van der Waals surface area (Å²) >= 11 is 0. The highest BCUT2D eigenvalue weighted by Gasteiger charge is 2.25. The highest BCUT2D eigenvalue weighted by molar-refractivity contribution is 6.01. The predicted molar refractivity (Wildman–Crippen MR) is 141 cm³/mol. The number of nitrogens with zero attached hydrogens (tertiary/aromatic N) is 4. The quantitative estimate of drug-likeness (QED) is 0.398. The van der Waals surface area contributed by atoms with Crippen molar-refractivity contribution in [2.45, 2.75) is 33.4 Å². The van der Waals surface area contributed by atoms with Crippen LogP contribution >= 0.6 is 12.4 Å². The molecule has 6 heteroatoms. The molecule has 2 aromatic heterocycles. The van der Waals surface area contributed by atoms with Crippen LogP contribution in [-0.2, 0) is 19.5 Å². The zero-order valence-electron chi connectivity index (χ0n) is 20.2. The molecule has 1 aliphatic rings. The first-order chi connectivity index (χ1) is 15.9. The summed E-state index contributed by atoms with van der Waals surface area (Å²) in [5, 5.41) is 1.11. The second-order valence-electron chi connectivity index (χ2n) is 9.15. The van der Waals surface area contributed by atoms with Crippen molar-refractivity contribution in [1.82, 2.24) is 14.5 Å². The molecule has 0 bridgehead atoms. The summed E-state index contributed by atoms with van der Waals surface area (Å²) in [4.78, 5) is 21.9. The molecule has 0 saturated heterocycles. The molecule has 176 valence electrons. The minimum absolute atomic E-state index is 0. The van der Waals surface area contributed by atoms with Gasteiger partial charge in [0.2, 0.25) is 0 Å². The number of hydrogen-bond acceptors (Lipinski definition) is 3. The summed E-state index contributed by atoms with van der Waals surface area (Å²) in [5.41, 5.74) is 8.01. The minimum atomic E-state index is -0.0663. The van der Waals surface area contributed by atoms with E-state index in [0.29, 0.717) is 5.69 Å². The number of rotatable bonds is 4. The number of benzene rings is 2. The molecule has 0 atom stereocenters. The summed E-state index contributed by atoms with van der Waals surface area (Å²) in [7, 11) is 3.56. The number of aryl methyl sites for hydroxylation is 1. The van der Waals surface area contributed by atoms with Gasteiger partial charge in [0.25, 0.3) is 5.91 Å². The van der Waals surface area contributed by atoms with E-state index in [-0.39, 0.29) is 18.3 Å². The van der Waals surface area contributed by atoms with Crippen molar-refractivity contribution < 1.29 is 4.79 Å².